The first kappa shape index (κ1) is 21.9. The highest BCUT2D eigenvalue weighted by molar-refractivity contribution is 7.99. The summed E-state index contributed by atoms with van der Waals surface area (Å²) >= 11 is 1.19. The average Bonchev–Trinajstić information content (AvgIpc) is 3.07. The van der Waals surface area contributed by atoms with Crippen molar-refractivity contribution in [1.29, 1.82) is 0 Å². The fourth-order valence-corrected chi connectivity index (χ4v) is 4.42. The number of aliphatic hydroxyl groups is 4. The van der Waals surface area contributed by atoms with Gasteiger partial charge in [-0.2, -0.15) is 0 Å². The highest BCUT2D eigenvalue weighted by Gasteiger charge is 2.48. The topological polar surface area (TPSA) is 131 Å². The van der Waals surface area contributed by atoms with E-state index in [0.29, 0.717) is 5.92 Å². The van der Waals surface area contributed by atoms with Crippen molar-refractivity contribution in [2.24, 2.45) is 5.92 Å². The van der Waals surface area contributed by atoms with E-state index in [9.17, 15) is 25.2 Å². The predicted octanol–water partition coefficient (Wildman–Crippen LogP) is -1.20. The predicted molar refractivity (Wildman–Crippen MR) is 98.6 cm³/mol. The van der Waals surface area contributed by atoms with Crippen LogP contribution in [0, 0.1) is 5.92 Å². The second-order valence-electron chi connectivity index (χ2n) is 7.30. The molecule has 2 aliphatic rings. The molecule has 2 fully saturated rings. The van der Waals surface area contributed by atoms with Crippen molar-refractivity contribution < 1.29 is 30.0 Å². The van der Waals surface area contributed by atoms with Crippen LogP contribution in [0.5, 0.6) is 0 Å². The van der Waals surface area contributed by atoms with E-state index in [2.05, 4.69) is 17.6 Å². The molecule has 2 aliphatic heterocycles. The molecule has 1 amide bonds. The first-order valence-corrected chi connectivity index (χ1v) is 10.5. The zero-order valence-corrected chi connectivity index (χ0v) is 16.4. The third-order valence-corrected chi connectivity index (χ3v) is 6.11. The van der Waals surface area contributed by atoms with Crippen molar-refractivity contribution in [1.82, 2.24) is 10.6 Å². The zero-order valence-electron chi connectivity index (χ0n) is 15.5. The molecule has 2 rings (SSSR count). The Morgan fingerprint density at radius 1 is 1.31 bits per heavy atom. The summed E-state index contributed by atoms with van der Waals surface area (Å²) in [5.74, 6) is 0.196. The molecule has 152 valence electrons. The lowest BCUT2D eigenvalue weighted by Gasteiger charge is -2.44. The minimum Gasteiger partial charge on any atom is -0.391 e. The van der Waals surface area contributed by atoms with Gasteiger partial charge in [-0.05, 0) is 38.5 Å². The molecular weight excluding hydrogens is 360 g/mol. The van der Waals surface area contributed by atoms with Gasteiger partial charge in [-0.3, -0.25) is 4.79 Å². The molecule has 2 heterocycles. The number of carbonyl (C=O) groups is 1. The van der Waals surface area contributed by atoms with Crippen molar-refractivity contribution in [3.05, 3.63) is 0 Å². The van der Waals surface area contributed by atoms with Gasteiger partial charge in [-0.15, -0.1) is 11.8 Å². The molecule has 9 atom stereocenters. The summed E-state index contributed by atoms with van der Waals surface area (Å²) < 4.78 is 5.69. The first-order valence-electron chi connectivity index (χ1n) is 9.24. The number of nitrogens with one attached hydrogen (secondary N) is 2. The van der Waals surface area contributed by atoms with Crippen LogP contribution >= 0.6 is 11.8 Å². The van der Waals surface area contributed by atoms with Gasteiger partial charge >= 0.3 is 0 Å². The van der Waals surface area contributed by atoms with E-state index in [-0.39, 0.29) is 11.9 Å². The first-order chi connectivity index (χ1) is 12.3. The number of ether oxygens (including phenoxy) is 1. The molecule has 0 aromatic carbocycles. The van der Waals surface area contributed by atoms with E-state index >= 15 is 0 Å². The van der Waals surface area contributed by atoms with Crippen molar-refractivity contribution in [3.8, 4) is 0 Å². The van der Waals surface area contributed by atoms with E-state index in [1.165, 1.54) is 18.7 Å². The Balaban J connectivity index is 2.05. The summed E-state index contributed by atoms with van der Waals surface area (Å²) in [6, 6.07) is -1.25. The molecule has 6 N–H and O–H groups in total. The van der Waals surface area contributed by atoms with E-state index < -0.39 is 42.0 Å². The van der Waals surface area contributed by atoms with Gasteiger partial charge in [-0.25, -0.2) is 0 Å². The van der Waals surface area contributed by atoms with E-state index in [0.717, 1.165) is 25.8 Å². The number of hydrogen-bond acceptors (Lipinski definition) is 8. The number of hydrogen-bond donors (Lipinski definition) is 6. The molecule has 0 radical (unpaired) electrons. The lowest BCUT2D eigenvalue weighted by Crippen LogP contribution is -2.65. The molecule has 0 aromatic heterocycles. The van der Waals surface area contributed by atoms with Gasteiger partial charge in [0, 0.05) is 0 Å². The maximum absolute atomic E-state index is 12.6. The van der Waals surface area contributed by atoms with Crippen molar-refractivity contribution >= 4 is 17.7 Å². The number of carbonyl (C=O) groups excluding carboxylic acids is 1. The van der Waals surface area contributed by atoms with Crippen LogP contribution in [-0.4, -0.2) is 87.2 Å². The Hall–Kier alpha value is -0.420. The summed E-state index contributed by atoms with van der Waals surface area (Å²) in [5, 5.41) is 46.5. The summed E-state index contributed by atoms with van der Waals surface area (Å²) in [6.07, 6.45) is -1.54. The Morgan fingerprint density at radius 3 is 2.58 bits per heavy atom. The number of amides is 1. The molecular formula is C17H32N2O6S. The Kier molecular flexibility index (Phi) is 8.14. The van der Waals surface area contributed by atoms with Gasteiger partial charge < -0.3 is 35.8 Å². The maximum atomic E-state index is 12.6. The molecule has 0 aromatic rings. The maximum Gasteiger partial charge on any atom is 0.237 e. The normalized spacial score (nSPS) is 40.2. The van der Waals surface area contributed by atoms with Gasteiger partial charge in [-0.1, -0.05) is 13.3 Å². The number of rotatable bonds is 7. The lowest BCUT2D eigenvalue weighted by molar-refractivity contribution is -0.211. The largest absolute Gasteiger partial charge is 0.391 e. The van der Waals surface area contributed by atoms with Crippen LogP contribution < -0.4 is 10.6 Å². The van der Waals surface area contributed by atoms with E-state index in [1.54, 1.807) is 6.26 Å². The zero-order chi connectivity index (χ0) is 19.4. The molecule has 8 nitrogen and oxygen atoms in total. The molecule has 2 unspecified atom stereocenters. The van der Waals surface area contributed by atoms with Crippen LogP contribution in [0.1, 0.15) is 33.1 Å². The molecule has 0 aliphatic carbocycles. The second-order valence-corrected chi connectivity index (χ2v) is 8.24. The summed E-state index contributed by atoms with van der Waals surface area (Å²) in [5.41, 5.74) is -0.755. The van der Waals surface area contributed by atoms with E-state index in [1.807, 2.05) is 0 Å². The summed E-state index contributed by atoms with van der Waals surface area (Å²) in [7, 11) is 0. The Morgan fingerprint density at radius 2 is 2.00 bits per heavy atom. The quantitative estimate of drug-likeness (QED) is 0.319. The third kappa shape index (κ3) is 4.89. The molecule has 0 spiro atoms. The highest BCUT2D eigenvalue weighted by atomic mass is 32.2. The number of thioether (sulfide) groups is 1. The Bertz CT molecular complexity index is 467. The monoisotopic (exact) mass is 392 g/mol. The minimum absolute atomic E-state index is 0.258. The van der Waals surface area contributed by atoms with Crippen LogP contribution in [0.15, 0.2) is 0 Å². The highest BCUT2D eigenvalue weighted by Crippen LogP contribution is 2.29. The lowest BCUT2D eigenvalue weighted by atomic mass is 9.92. The van der Waals surface area contributed by atoms with Crippen LogP contribution in [0.4, 0.5) is 0 Å². The summed E-state index contributed by atoms with van der Waals surface area (Å²) in [6.45, 7) is 4.39. The minimum atomic E-state index is -1.42. The van der Waals surface area contributed by atoms with Crippen molar-refractivity contribution in [2.75, 3.05) is 12.8 Å². The second kappa shape index (κ2) is 9.68. The van der Waals surface area contributed by atoms with Crippen molar-refractivity contribution in [2.45, 2.75) is 81.1 Å². The number of aliphatic hydroxyl groups excluding tert-OH is 4. The standard InChI is InChI=1S/C17H32N2O6S/c1-4-5-9-6-10(18-7-9)16(24)19-11(8(2)20)15-13(22)12(21)14(23)17(25-15)26-3/h8-15,17-18,20-23H,4-7H2,1-3H3,(H,19,24)/t8-,9-,10+,11-,12-,13-,14?,15?,17-/m1/s1. The SMILES string of the molecule is CCC[C@H]1CN[C@H](C(=O)N[C@@H](C2O[C@H](SC)C(O)[C@H](O)[C@H]2O)[C@@H](C)O)C1. The molecule has 0 saturated carbocycles. The molecule has 26 heavy (non-hydrogen) atoms. The van der Waals surface area contributed by atoms with Crippen LogP contribution in [-0.2, 0) is 9.53 Å². The fourth-order valence-electron chi connectivity index (χ4n) is 3.74. The molecule has 0 bridgehead atoms. The van der Waals surface area contributed by atoms with Crippen molar-refractivity contribution in [3.63, 3.8) is 0 Å². The summed E-state index contributed by atoms with van der Waals surface area (Å²) in [4.78, 5) is 12.6. The molecule has 2 saturated heterocycles. The van der Waals surface area contributed by atoms with Gasteiger partial charge in [0.25, 0.3) is 0 Å². The molecule has 9 heteroatoms. The third-order valence-electron chi connectivity index (χ3n) is 5.26. The fraction of sp³-hybridized carbons (Fsp3) is 0.941. The van der Waals surface area contributed by atoms with Crippen LogP contribution in [0.3, 0.4) is 0 Å². The average molecular weight is 393 g/mol. The van der Waals surface area contributed by atoms with E-state index in [4.69, 9.17) is 4.74 Å². The smallest absolute Gasteiger partial charge is 0.237 e. The Labute approximate surface area is 158 Å². The van der Waals surface area contributed by atoms with Gasteiger partial charge in [0.05, 0.1) is 18.2 Å². The van der Waals surface area contributed by atoms with Crippen LogP contribution in [0.25, 0.3) is 0 Å². The van der Waals surface area contributed by atoms with Gasteiger partial charge in [0.15, 0.2) is 0 Å². The van der Waals surface area contributed by atoms with Crippen LogP contribution in [0.2, 0.25) is 0 Å². The van der Waals surface area contributed by atoms with Gasteiger partial charge in [0.1, 0.15) is 29.9 Å². The van der Waals surface area contributed by atoms with Gasteiger partial charge in [0.2, 0.25) is 5.91 Å².